The third-order valence-electron chi connectivity index (χ3n) is 3.92. The minimum atomic E-state index is -0.311. The third-order valence-corrected chi connectivity index (χ3v) is 3.92. The number of methoxy groups -OCH3 is 1. The molecule has 2 aromatic carbocycles. The fourth-order valence-electron chi connectivity index (χ4n) is 2.66. The zero-order valence-corrected chi connectivity index (χ0v) is 14.0. The summed E-state index contributed by atoms with van der Waals surface area (Å²) in [5.41, 5.74) is 2.03. The molecule has 25 heavy (non-hydrogen) atoms. The Labute approximate surface area is 146 Å². The molecule has 0 amide bonds. The molecule has 0 aromatic heterocycles. The van der Waals surface area contributed by atoms with E-state index in [-0.39, 0.29) is 11.4 Å². The number of benzene rings is 2. The number of hydrogen-bond donors (Lipinski definition) is 0. The molecule has 2 aromatic rings. The minimum Gasteiger partial charge on any atom is -0.493 e. The first kappa shape index (κ1) is 16.6. The molecule has 0 radical (unpaired) electrons. The van der Waals surface area contributed by atoms with Gasteiger partial charge in [0.15, 0.2) is 11.5 Å². The van der Waals surface area contributed by atoms with E-state index in [0.717, 1.165) is 5.56 Å². The van der Waals surface area contributed by atoms with Gasteiger partial charge in [0.2, 0.25) is 11.5 Å². The first-order valence-corrected chi connectivity index (χ1v) is 7.84. The largest absolute Gasteiger partial charge is 0.493 e. The van der Waals surface area contributed by atoms with Gasteiger partial charge in [0.05, 0.1) is 7.11 Å². The maximum atomic E-state index is 12.7. The van der Waals surface area contributed by atoms with Gasteiger partial charge in [-0.05, 0) is 36.3 Å². The summed E-state index contributed by atoms with van der Waals surface area (Å²) in [6.07, 6.45) is 1.54. The van der Waals surface area contributed by atoms with E-state index in [4.69, 9.17) is 14.2 Å². The van der Waals surface area contributed by atoms with Crippen molar-refractivity contribution in [2.75, 3.05) is 20.3 Å². The smallest absolute Gasteiger partial charge is 0.203 e. The van der Waals surface area contributed by atoms with Crippen molar-refractivity contribution < 1.29 is 19.0 Å². The number of nitriles is 1. The van der Waals surface area contributed by atoms with Gasteiger partial charge in [-0.15, -0.1) is 0 Å². The maximum absolute atomic E-state index is 12.7. The average molecular weight is 335 g/mol. The Balaban J connectivity index is 2.02. The SMILES string of the molecule is COc1cc(/C=C(\C#N)C(=O)c2ccccc2C)cc2c1OCCO2. The second kappa shape index (κ2) is 7.10. The van der Waals surface area contributed by atoms with Gasteiger partial charge in [0.1, 0.15) is 24.9 Å². The maximum Gasteiger partial charge on any atom is 0.203 e. The first-order valence-electron chi connectivity index (χ1n) is 7.84. The summed E-state index contributed by atoms with van der Waals surface area (Å²) >= 11 is 0. The molecule has 1 aliphatic heterocycles. The predicted octanol–water partition coefficient (Wildman–Crippen LogP) is 3.56. The van der Waals surface area contributed by atoms with Crippen LogP contribution in [0.25, 0.3) is 6.08 Å². The lowest BCUT2D eigenvalue weighted by Crippen LogP contribution is -2.16. The monoisotopic (exact) mass is 335 g/mol. The van der Waals surface area contributed by atoms with E-state index in [1.54, 1.807) is 24.3 Å². The number of carbonyl (C=O) groups is 1. The molecule has 1 aliphatic rings. The van der Waals surface area contributed by atoms with Crippen LogP contribution in [0.3, 0.4) is 0 Å². The highest BCUT2D eigenvalue weighted by molar-refractivity contribution is 6.14. The van der Waals surface area contributed by atoms with Crippen molar-refractivity contribution in [2.45, 2.75) is 6.92 Å². The number of hydrogen-bond acceptors (Lipinski definition) is 5. The Morgan fingerprint density at radius 3 is 2.72 bits per heavy atom. The van der Waals surface area contributed by atoms with Crippen LogP contribution in [0.4, 0.5) is 0 Å². The van der Waals surface area contributed by atoms with Crippen molar-refractivity contribution in [3.63, 3.8) is 0 Å². The number of aryl methyl sites for hydroxylation is 1. The summed E-state index contributed by atoms with van der Waals surface area (Å²) in [6, 6.07) is 12.6. The van der Waals surface area contributed by atoms with Crippen LogP contribution >= 0.6 is 0 Å². The summed E-state index contributed by atoms with van der Waals surface area (Å²) in [5, 5.41) is 9.45. The number of carbonyl (C=O) groups excluding carboxylic acids is 1. The molecule has 0 bridgehead atoms. The van der Waals surface area contributed by atoms with Crippen LogP contribution in [0.2, 0.25) is 0 Å². The van der Waals surface area contributed by atoms with E-state index in [0.29, 0.717) is 41.6 Å². The molecule has 1 heterocycles. The van der Waals surface area contributed by atoms with E-state index in [9.17, 15) is 10.1 Å². The Morgan fingerprint density at radius 1 is 1.24 bits per heavy atom. The van der Waals surface area contributed by atoms with Gasteiger partial charge in [0, 0.05) is 5.56 Å². The number of rotatable bonds is 4. The zero-order chi connectivity index (χ0) is 17.8. The molecular weight excluding hydrogens is 318 g/mol. The second-order valence-corrected chi connectivity index (χ2v) is 5.56. The predicted molar refractivity (Wildman–Crippen MR) is 93.1 cm³/mol. The summed E-state index contributed by atoms with van der Waals surface area (Å²) < 4.78 is 16.5. The lowest BCUT2D eigenvalue weighted by molar-refractivity contribution is 0.103. The summed E-state index contributed by atoms with van der Waals surface area (Å²) in [5.74, 6) is 1.27. The molecule has 3 rings (SSSR count). The average Bonchev–Trinajstić information content (AvgIpc) is 2.65. The lowest BCUT2D eigenvalue weighted by atomic mass is 9.98. The van der Waals surface area contributed by atoms with Gasteiger partial charge in [-0.25, -0.2) is 0 Å². The Bertz CT molecular complexity index is 876. The lowest BCUT2D eigenvalue weighted by Gasteiger charge is -2.21. The summed E-state index contributed by atoms with van der Waals surface area (Å²) in [7, 11) is 1.53. The summed E-state index contributed by atoms with van der Waals surface area (Å²) in [6.45, 7) is 2.74. The Morgan fingerprint density at radius 2 is 2.00 bits per heavy atom. The van der Waals surface area contributed by atoms with Crippen LogP contribution in [0, 0.1) is 18.3 Å². The molecule has 0 unspecified atom stereocenters. The van der Waals surface area contributed by atoms with Crippen molar-refractivity contribution in [3.05, 3.63) is 58.7 Å². The van der Waals surface area contributed by atoms with Crippen LogP contribution in [0.15, 0.2) is 42.0 Å². The molecule has 0 aliphatic carbocycles. The Kier molecular flexibility index (Phi) is 4.71. The van der Waals surface area contributed by atoms with Gasteiger partial charge in [-0.1, -0.05) is 24.3 Å². The number of fused-ring (bicyclic) bond motifs is 1. The standard InChI is InChI=1S/C20H17NO4/c1-13-5-3-4-6-16(13)19(22)15(12-21)9-14-10-17(23-2)20-18(11-14)24-7-8-25-20/h3-6,9-11H,7-8H2,1-2H3/b15-9+. The number of Topliss-reactive ketones (excluding diaryl/α,β-unsaturated/α-hetero) is 1. The molecule has 0 N–H and O–H groups in total. The van der Waals surface area contributed by atoms with Crippen molar-refractivity contribution in [2.24, 2.45) is 0 Å². The van der Waals surface area contributed by atoms with Crippen LogP contribution in [-0.4, -0.2) is 26.1 Å². The molecule has 0 spiro atoms. The molecule has 0 saturated carbocycles. The van der Waals surface area contributed by atoms with Crippen LogP contribution in [0.5, 0.6) is 17.2 Å². The van der Waals surface area contributed by atoms with Crippen molar-refractivity contribution in [3.8, 4) is 23.3 Å². The highest BCUT2D eigenvalue weighted by Crippen LogP contribution is 2.40. The van der Waals surface area contributed by atoms with E-state index in [2.05, 4.69) is 0 Å². The molecular formula is C20H17NO4. The van der Waals surface area contributed by atoms with E-state index in [1.807, 2.05) is 25.1 Å². The highest BCUT2D eigenvalue weighted by atomic mass is 16.6. The quantitative estimate of drug-likeness (QED) is 0.485. The molecule has 5 heteroatoms. The number of ether oxygens (including phenoxy) is 3. The molecule has 0 atom stereocenters. The van der Waals surface area contributed by atoms with E-state index < -0.39 is 0 Å². The molecule has 5 nitrogen and oxygen atoms in total. The molecule has 0 saturated heterocycles. The normalized spacial score (nSPS) is 13.1. The molecule has 126 valence electrons. The third kappa shape index (κ3) is 3.33. The van der Waals surface area contributed by atoms with E-state index in [1.165, 1.54) is 13.2 Å². The van der Waals surface area contributed by atoms with Gasteiger partial charge in [-0.3, -0.25) is 4.79 Å². The summed E-state index contributed by atoms with van der Waals surface area (Å²) in [4.78, 5) is 12.7. The second-order valence-electron chi connectivity index (χ2n) is 5.56. The first-order chi connectivity index (χ1) is 12.1. The van der Waals surface area contributed by atoms with Crippen molar-refractivity contribution >= 4 is 11.9 Å². The number of nitrogens with zero attached hydrogens (tertiary/aromatic N) is 1. The van der Waals surface area contributed by atoms with Crippen molar-refractivity contribution in [1.29, 1.82) is 5.26 Å². The number of ketones is 1. The van der Waals surface area contributed by atoms with Gasteiger partial charge in [0.25, 0.3) is 0 Å². The van der Waals surface area contributed by atoms with E-state index >= 15 is 0 Å². The fraction of sp³-hybridized carbons (Fsp3) is 0.200. The van der Waals surface area contributed by atoms with Gasteiger partial charge < -0.3 is 14.2 Å². The molecule has 0 fully saturated rings. The van der Waals surface area contributed by atoms with Gasteiger partial charge >= 0.3 is 0 Å². The minimum absolute atomic E-state index is 0.0491. The van der Waals surface area contributed by atoms with Gasteiger partial charge in [-0.2, -0.15) is 5.26 Å². The van der Waals surface area contributed by atoms with Crippen LogP contribution in [-0.2, 0) is 0 Å². The van der Waals surface area contributed by atoms with Crippen molar-refractivity contribution in [1.82, 2.24) is 0 Å². The highest BCUT2D eigenvalue weighted by Gasteiger charge is 2.19. The zero-order valence-electron chi connectivity index (χ0n) is 14.0. The topological polar surface area (TPSA) is 68.5 Å². The fourth-order valence-corrected chi connectivity index (χ4v) is 2.66. The van der Waals surface area contributed by atoms with Crippen LogP contribution in [0.1, 0.15) is 21.5 Å². The van der Waals surface area contributed by atoms with Crippen LogP contribution < -0.4 is 14.2 Å². The number of allylic oxidation sites excluding steroid dienone is 1. The Hall–Kier alpha value is -3.26.